The Morgan fingerprint density at radius 1 is 1.29 bits per heavy atom. The number of ether oxygens (including phenoxy) is 2. The molecule has 0 fully saturated rings. The van der Waals surface area contributed by atoms with E-state index in [0.29, 0.717) is 19.8 Å². The maximum Gasteiger partial charge on any atom is 0.184 e. The first-order valence-corrected chi connectivity index (χ1v) is 4.65. The molecule has 1 aromatic carbocycles. The van der Waals surface area contributed by atoms with Crippen LogP contribution >= 0.6 is 0 Å². The van der Waals surface area contributed by atoms with Gasteiger partial charge in [-0.25, -0.2) is 0 Å². The van der Waals surface area contributed by atoms with Crippen LogP contribution in [-0.2, 0) is 0 Å². The molecule has 0 saturated heterocycles. The van der Waals surface area contributed by atoms with Crippen LogP contribution < -0.4 is 14.8 Å². The maximum absolute atomic E-state index is 8.70. The topological polar surface area (TPSA) is 50.7 Å². The van der Waals surface area contributed by atoms with E-state index in [9.17, 15) is 0 Å². The average Bonchev–Trinajstić information content (AvgIpc) is 2.26. The second-order valence-corrected chi connectivity index (χ2v) is 2.98. The molecule has 0 aromatic heterocycles. The molecule has 0 radical (unpaired) electrons. The summed E-state index contributed by atoms with van der Waals surface area (Å²) in [5.74, 6) is 1.51. The predicted octanol–water partition coefficient (Wildman–Crippen LogP) is 0.862. The molecule has 4 nitrogen and oxygen atoms in total. The lowest BCUT2D eigenvalue weighted by molar-refractivity contribution is 0.172. The molecule has 1 aliphatic heterocycles. The molecule has 0 bridgehead atoms. The van der Waals surface area contributed by atoms with E-state index in [1.807, 2.05) is 18.2 Å². The number of rotatable bonds is 3. The second-order valence-electron chi connectivity index (χ2n) is 2.98. The van der Waals surface area contributed by atoms with E-state index in [0.717, 1.165) is 17.2 Å². The molecular formula is C10H13NO3. The minimum Gasteiger partial charge on any atom is -0.486 e. The summed E-state index contributed by atoms with van der Waals surface area (Å²) in [6.45, 7) is 1.78. The van der Waals surface area contributed by atoms with Crippen molar-refractivity contribution in [3.63, 3.8) is 0 Å². The Labute approximate surface area is 82.5 Å². The molecule has 0 atom stereocenters. The number of anilines is 1. The number of aliphatic hydroxyl groups is 1. The van der Waals surface area contributed by atoms with Crippen molar-refractivity contribution in [1.82, 2.24) is 0 Å². The number of fused-ring (bicyclic) bond motifs is 1. The standard InChI is InChI=1S/C10H13NO3/c12-5-4-11-8-2-1-3-9-10(8)14-7-6-13-9/h1-3,11-12H,4-7H2. The van der Waals surface area contributed by atoms with E-state index < -0.39 is 0 Å². The lowest BCUT2D eigenvalue weighted by Gasteiger charge is -2.21. The summed E-state index contributed by atoms with van der Waals surface area (Å²) in [7, 11) is 0. The van der Waals surface area contributed by atoms with E-state index in [-0.39, 0.29) is 6.61 Å². The quantitative estimate of drug-likeness (QED) is 0.751. The minimum atomic E-state index is 0.102. The smallest absolute Gasteiger partial charge is 0.184 e. The van der Waals surface area contributed by atoms with Crippen molar-refractivity contribution in [1.29, 1.82) is 0 Å². The molecule has 0 aliphatic carbocycles. The molecule has 2 N–H and O–H groups in total. The van der Waals surface area contributed by atoms with E-state index in [4.69, 9.17) is 14.6 Å². The maximum atomic E-state index is 8.70. The van der Waals surface area contributed by atoms with Gasteiger partial charge in [0, 0.05) is 6.54 Å². The number of hydrogen-bond donors (Lipinski definition) is 2. The van der Waals surface area contributed by atoms with Crippen molar-refractivity contribution in [2.24, 2.45) is 0 Å². The van der Waals surface area contributed by atoms with Crippen molar-refractivity contribution < 1.29 is 14.6 Å². The lowest BCUT2D eigenvalue weighted by atomic mass is 10.2. The summed E-state index contributed by atoms with van der Waals surface area (Å²) < 4.78 is 10.9. The fourth-order valence-electron chi connectivity index (χ4n) is 1.40. The number of para-hydroxylation sites is 1. The van der Waals surface area contributed by atoms with E-state index in [1.165, 1.54) is 0 Å². The Balaban J connectivity index is 2.21. The van der Waals surface area contributed by atoms with Gasteiger partial charge in [0.2, 0.25) is 0 Å². The van der Waals surface area contributed by atoms with Crippen molar-refractivity contribution in [3.8, 4) is 11.5 Å². The van der Waals surface area contributed by atoms with Gasteiger partial charge in [-0.2, -0.15) is 0 Å². The molecule has 1 aromatic rings. The highest BCUT2D eigenvalue weighted by molar-refractivity contribution is 5.63. The van der Waals surface area contributed by atoms with Gasteiger partial charge in [0.1, 0.15) is 13.2 Å². The summed E-state index contributed by atoms with van der Waals surface area (Å²) in [6.07, 6.45) is 0. The molecule has 0 amide bonds. The molecule has 1 heterocycles. The van der Waals surface area contributed by atoms with Gasteiger partial charge in [0.25, 0.3) is 0 Å². The van der Waals surface area contributed by atoms with Crippen LogP contribution in [0.25, 0.3) is 0 Å². The number of nitrogens with one attached hydrogen (secondary N) is 1. The van der Waals surface area contributed by atoms with Crippen LogP contribution in [0.15, 0.2) is 18.2 Å². The molecule has 2 rings (SSSR count). The Kier molecular flexibility index (Phi) is 2.74. The van der Waals surface area contributed by atoms with Crippen molar-refractivity contribution in [3.05, 3.63) is 18.2 Å². The van der Waals surface area contributed by atoms with Crippen LogP contribution in [0.2, 0.25) is 0 Å². The lowest BCUT2D eigenvalue weighted by Crippen LogP contribution is -2.17. The normalized spacial score (nSPS) is 13.8. The van der Waals surface area contributed by atoms with Crippen LogP contribution in [0.4, 0.5) is 5.69 Å². The Morgan fingerprint density at radius 3 is 3.00 bits per heavy atom. The molecule has 4 heteroatoms. The molecule has 1 aliphatic rings. The monoisotopic (exact) mass is 195 g/mol. The van der Waals surface area contributed by atoms with Crippen molar-refractivity contribution in [2.45, 2.75) is 0 Å². The predicted molar refractivity (Wildman–Crippen MR) is 53.0 cm³/mol. The zero-order valence-electron chi connectivity index (χ0n) is 7.82. The SMILES string of the molecule is OCCNc1cccc2c1OCCO2. The highest BCUT2D eigenvalue weighted by Gasteiger charge is 2.14. The van der Waals surface area contributed by atoms with Gasteiger partial charge in [-0.05, 0) is 12.1 Å². The fourth-order valence-corrected chi connectivity index (χ4v) is 1.40. The van der Waals surface area contributed by atoms with Crippen LogP contribution in [0.5, 0.6) is 11.5 Å². The van der Waals surface area contributed by atoms with Crippen LogP contribution in [0.3, 0.4) is 0 Å². The molecular weight excluding hydrogens is 182 g/mol. The number of benzene rings is 1. The van der Waals surface area contributed by atoms with E-state index in [1.54, 1.807) is 0 Å². The Morgan fingerprint density at radius 2 is 2.14 bits per heavy atom. The molecule has 14 heavy (non-hydrogen) atoms. The van der Waals surface area contributed by atoms with Gasteiger partial charge in [-0.1, -0.05) is 6.07 Å². The van der Waals surface area contributed by atoms with Crippen molar-refractivity contribution in [2.75, 3.05) is 31.7 Å². The number of aliphatic hydroxyl groups excluding tert-OH is 1. The van der Waals surface area contributed by atoms with Gasteiger partial charge in [0.15, 0.2) is 11.5 Å². The Bertz CT molecular complexity index is 314. The summed E-state index contributed by atoms with van der Waals surface area (Å²) in [6, 6.07) is 5.68. The largest absolute Gasteiger partial charge is 0.486 e. The minimum absolute atomic E-state index is 0.102. The zero-order valence-corrected chi connectivity index (χ0v) is 7.82. The third-order valence-corrected chi connectivity index (χ3v) is 1.99. The summed E-state index contributed by atoms with van der Waals surface area (Å²) >= 11 is 0. The number of hydrogen-bond acceptors (Lipinski definition) is 4. The van der Waals surface area contributed by atoms with Gasteiger partial charge in [0.05, 0.1) is 12.3 Å². The molecule has 0 saturated carbocycles. The highest BCUT2D eigenvalue weighted by Crippen LogP contribution is 2.36. The van der Waals surface area contributed by atoms with Gasteiger partial charge in [-0.15, -0.1) is 0 Å². The van der Waals surface area contributed by atoms with Gasteiger partial charge in [-0.3, -0.25) is 0 Å². The summed E-state index contributed by atoms with van der Waals surface area (Å²) in [5.41, 5.74) is 0.872. The Hall–Kier alpha value is -1.42. The van der Waals surface area contributed by atoms with Crippen LogP contribution in [-0.4, -0.2) is 31.5 Å². The molecule has 0 spiro atoms. The molecule has 76 valence electrons. The van der Waals surface area contributed by atoms with Gasteiger partial charge < -0.3 is 19.9 Å². The van der Waals surface area contributed by atoms with Crippen LogP contribution in [0.1, 0.15) is 0 Å². The fraction of sp³-hybridized carbons (Fsp3) is 0.400. The van der Waals surface area contributed by atoms with E-state index >= 15 is 0 Å². The van der Waals surface area contributed by atoms with Crippen molar-refractivity contribution >= 4 is 5.69 Å². The second kappa shape index (κ2) is 4.19. The first-order chi connectivity index (χ1) is 6.92. The van der Waals surface area contributed by atoms with Gasteiger partial charge >= 0.3 is 0 Å². The zero-order chi connectivity index (χ0) is 9.80. The van der Waals surface area contributed by atoms with E-state index in [2.05, 4.69) is 5.32 Å². The van der Waals surface area contributed by atoms with Crippen LogP contribution in [0, 0.1) is 0 Å². The first-order valence-electron chi connectivity index (χ1n) is 4.65. The average molecular weight is 195 g/mol. The third-order valence-electron chi connectivity index (χ3n) is 1.99. The summed E-state index contributed by atoms with van der Waals surface area (Å²) in [5, 5.41) is 11.8. The first kappa shape index (κ1) is 9.15. The molecule has 0 unspecified atom stereocenters. The third kappa shape index (κ3) is 1.75. The highest BCUT2D eigenvalue weighted by atomic mass is 16.6. The summed E-state index contributed by atoms with van der Waals surface area (Å²) in [4.78, 5) is 0.